The van der Waals surface area contributed by atoms with E-state index in [1.54, 1.807) is 13.8 Å². The van der Waals surface area contributed by atoms with Gasteiger partial charge in [-0.25, -0.2) is 4.79 Å². The van der Waals surface area contributed by atoms with Crippen LogP contribution in [0.2, 0.25) is 0 Å². The maximum atomic E-state index is 11.9. The molecule has 2 aliphatic heterocycles. The van der Waals surface area contributed by atoms with Gasteiger partial charge in [0.2, 0.25) is 0 Å². The molecule has 24 heavy (non-hydrogen) atoms. The van der Waals surface area contributed by atoms with Crippen molar-refractivity contribution in [3.8, 4) is 0 Å². The monoisotopic (exact) mass is 363 g/mol. The minimum Gasteiger partial charge on any atom is -0.345 e. The van der Waals surface area contributed by atoms with Crippen LogP contribution in [0.3, 0.4) is 0 Å². The number of hydrogen-bond acceptors (Lipinski definition) is 9. The van der Waals surface area contributed by atoms with E-state index >= 15 is 0 Å². The molecule has 134 valence electrons. The highest BCUT2D eigenvalue weighted by molar-refractivity contribution is 7.85. The Morgan fingerprint density at radius 2 is 2.00 bits per heavy atom. The molecular formula is C12H17N3O8S. The summed E-state index contributed by atoms with van der Waals surface area (Å²) in [6.45, 7) is 3.06. The zero-order chi connectivity index (χ0) is 17.7. The van der Waals surface area contributed by atoms with Gasteiger partial charge in [0.1, 0.15) is 24.5 Å². The van der Waals surface area contributed by atoms with Crippen molar-refractivity contribution in [2.75, 3.05) is 12.9 Å². The molecule has 0 aliphatic carbocycles. The van der Waals surface area contributed by atoms with Crippen LogP contribution < -0.4 is 11.2 Å². The minimum absolute atomic E-state index is 0.298. The number of fused-ring (bicyclic) bond motifs is 1. The summed E-state index contributed by atoms with van der Waals surface area (Å²) in [5, 5.41) is 3.75. The van der Waals surface area contributed by atoms with Crippen molar-refractivity contribution in [3.05, 3.63) is 27.0 Å². The fourth-order valence-corrected chi connectivity index (χ4v) is 3.11. The van der Waals surface area contributed by atoms with Crippen LogP contribution >= 0.6 is 0 Å². The van der Waals surface area contributed by atoms with E-state index in [4.69, 9.17) is 18.4 Å². The van der Waals surface area contributed by atoms with E-state index in [0.29, 0.717) is 0 Å². The Hall–Kier alpha value is -1.60. The fourth-order valence-electron chi connectivity index (χ4n) is 2.72. The van der Waals surface area contributed by atoms with E-state index in [1.807, 2.05) is 0 Å². The second-order valence-corrected chi connectivity index (χ2v) is 7.65. The molecule has 2 saturated heterocycles. The summed E-state index contributed by atoms with van der Waals surface area (Å²) in [6.07, 6.45) is -1.31. The lowest BCUT2D eigenvalue weighted by Gasteiger charge is -2.24. The van der Waals surface area contributed by atoms with E-state index in [9.17, 15) is 18.0 Å². The first-order valence-corrected chi connectivity index (χ1v) is 8.91. The van der Waals surface area contributed by atoms with Crippen molar-refractivity contribution >= 4 is 10.1 Å². The second kappa shape index (κ2) is 5.74. The third-order valence-corrected chi connectivity index (χ3v) is 4.11. The quantitative estimate of drug-likeness (QED) is 0.622. The molecule has 2 fully saturated rings. The fraction of sp³-hybridized carbons (Fsp3) is 0.750. The average molecular weight is 363 g/mol. The number of aromatic nitrogens is 3. The molecule has 0 saturated carbocycles. The maximum absolute atomic E-state index is 11.9. The van der Waals surface area contributed by atoms with Gasteiger partial charge in [0.15, 0.2) is 12.0 Å². The first-order chi connectivity index (χ1) is 11.1. The van der Waals surface area contributed by atoms with Crippen LogP contribution in [0.1, 0.15) is 20.1 Å². The summed E-state index contributed by atoms with van der Waals surface area (Å²) in [7, 11) is -3.67. The van der Waals surface area contributed by atoms with Crippen LogP contribution in [0.4, 0.5) is 0 Å². The van der Waals surface area contributed by atoms with Crippen LogP contribution in [-0.2, 0) is 28.5 Å². The highest BCUT2D eigenvalue weighted by atomic mass is 32.2. The first-order valence-electron chi connectivity index (χ1n) is 7.09. The summed E-state index contributed by atoms with van der Waals surface area (Å²) in [5.74, 6) is -0.952. The molecule has 4 atom stereocenters. The number of ether oxygens (including phenoxy) is 3. The van der Waals surface area contributed by atoms with Crippen molar-refractivity contribution in [1.82, 2.24) is 14.8 Å². The standard InChI is InChI=1S/C12H17N3O8S/c1-12(2)22-8-6(5-20-24(3,18)19)21-10(9(8)23-12)15-11(17)14-7(16)4-13-15/h4,6,8-10H,5H2,1-3H3,(H,14,16,17). The molecular weight excluding hydrogens is 346 g/mol. The molecule has 3 rings (SSSR count). The van der Waals surface area contributed by atoms with Crippen molar-refractivity contribution in [2.24, 2.45) is 0 Å². The SMILES string of the molecule is CC1(C)OC2C(COS(C)(=O)=O)OC(n3ncc(=O)[nH]c3=O)C2O1. The molecule has 3 heterocycles. The minimum atomic E-state index is -3.67. The predicted molar refractivity (Wildman–Crippen MR) is 77.6 cm³/mol. The van der Waals surface area contributed by atoms with E-state index in [2.05, 4.69) is 10.1 Å². The summed E-state index contributed by atoms with van der Waals surface area (Å²) in [6, 6.07) is 0. The largest absolute Gasteiger partial charge is 0.347 e. The third-order valence-electron chi connectivity index (χ3n) is 3.55. The highest BCUT2D eigenvalue weighted by Crippen LogP contribution is 2.42. The van der Waals surface area contributed by atoms with Crippen molar-refractivity contribution in [1.29, 1.82) is 0 Å². The van der Waals surface area contributed by atoms with Gasteiger partial charge in [-0.05, 0) is 13.8 Å². The highest BCUT2D eigenvalue weighted by Gasteiger charge is 2.56. The van der Waals surface area contributed by atoms with Crippen molar-refractivity contribution in [3.63, 3.8) is 0 Å². The summed E-state index contributed by atoms with van der Waals surface area (Å²) >= 11 is 0. The number of aromatic amines is 1. The van der Waals surface area contributed by atoms with E-state index in [0.717, 1.165) is 17.1 Å². The topological polar surface area (TPSA) is 139 Å². The Balaban J connectivity index is 1.90. The van der Waals surface area contributed by atoms with Gasteiger partial charge in [-0.2, -0.15) is 18.2 Å². The van der Waals surface area contributed by atoms with Gasteiger partial charge in [0.25, 0.3) is 15.7 Å². The van der Waals surface area contributed by atoms with Crippen LogP contribution in [-0.4, -0.2) is 60.1 Å². The zero-order valence-corrected chi connectivity index (χ0v) is 14.0. The normalized spacial score (nSPS) is 32.0. The Bertz CT molecular complexity index is 844. The molecule has 0 aromatic carbocycles. The summed E-state index contributed by atoms with van der Waals surface area (Å²) in [5.41, 5.74) is -1.42. The molecule has 2 aliphatic rings. The molecule has 12 heteroatoms. The molecule has 1 aromatic rings. The molecule has 0 bridgehead atoms. The molecule has 1 aromatic heterocycles. The van der Waals surface area contributed by atoms with Crippen LogP contribution in [0.25, 0.3) is 0 Å². The van der Waals surface area contributed by atoms with E-state index in [-0.39, 0.29) is 6.61 Å². The second-order valence-electron chi connectivity index (χ2n) is 6.00. The van der Waals surface area contributed by atoms with Gasteiger partial charge in [0.05, 0.1) is 12.9 Å². The molecule has 0 spiro atoms. The smallest absolute Gasteiger partial charge is 0.345 e. The Labute approximate surface area is 136 Å². The van der Waals surface area contributed by atoms with Gasteiger partial charge >= 0.3 is 5.69 Å². The molecule has 0 radical (unpaired) electrons. The zero-order valence-electron chi connectivity index (χ0n) is 13.2. The van der Waals surface area contributed by atoms with Gasteiger partial charge in [0, 0.05) is 0 Å². The van der Waals surface area contributed by atoms with Crippen LogP contribution in [0, 0.1) is 0 Å². The lowest BCUT2D eigenvalue weighted by Crippen LogP contribution is -2.39. The van der Waals surface area contributed by atoms with Gasteiger partial charge in [-0.1, -0.05) is 0 Å². The number of hydrogen-bond donors (Lipinski definition) is 1. The van der Waals surface area contributed by atoms with Crippen molar-refractivity contribution in [2.45, 2.75) is 44.2 Å². The number of nitrogens with one attached hydrogen (secondary N) is 1. The van der Waals surface area contributed by atoms with E-state index in [1.165, 1.54) is 0 Å². The van der Waals surface area contributed by atoms with Crippen LogP contribution in [0.5, 0.6) is 0 Å². The molecule has 1 N–H and O–H groups in total. The molecule has 0 amide bonds. The third kappa shape index (κ3) is 3.42. The lowest BCUT2D eigenvalue weighted by atomic mass is 10.1. The van der Waals surface area contributed by atoms with Crippen LogP contribution in [0.15, 0.2) is 15.8 Å². The molecule has 4 unspecified atom stereocenters. The number of nitrogens with zero attached hydrogens (tertiary/aromatic N) is 2. The Kier molecular flexibility index (Phi) is 4.12. The summed E-state index contributed by atoms with van der Waals surface area (Å²) in [4.78, 5) is 25.2. The predicted octanol–water partition coefficient (Wildman–Crippen LogP) is -1.67. The van der Waals surface area contributed by atoms with Gasteiger partial charge < -0.3 is 14.2 Å². The Morgan fingerprint density at radius 1 is 1.33 bits per heavy atom. The molecule has 11 nitrogen and oxygen atoms in total. The average Bonchev–Trinajstić information content (AvgIpc) is 2.90. The first kappa shape index (κ1) is 17.2. The van der Waals surface area contributed by atoms with E-state index < -0.39 is 51.7 Å². The number of rotatable bonds is 4. The van der Waals surface area contributed by atoms with Gasteiger partial charge in [-0.3, -0.25) is 14.0 Å². The Morgan fingerprint density at radius 3 is 2.62 bits per heavy atom. The van der Waals surface area contributed by atoms with Crippen molar-refractivity contribution < 1.29 is 26.8 Å². The summed E-state index contributed by atoms with van der Waals surface area (Å²) < 4.78 is 45.2. The van der Waals surface area contributed by atoms with Gasteiger partial charge in [-0.15, -0.1) is 0 Å². The number of H-pyrrole nitrogens is 1. The maximum Gasteiger partial charge on any atom is 0.347 e. The lowest BCUT2D eigenvalue weighted by molar-refractivity contribution is -0.201.